The molecule has 0 saturated carbocycles. The summed E-state index contributed by atoms with van der Waals surface area (Å²) in [6.45, 7) is 2.54. The van der Waals surface area contributed by atoms with Gasteiger partial charge in [0.05, 0.1) is 14.2 Å². The maximum atomic E-state index is 12.3. The Hall–Kier alpha value is -2.53. The molecule has 2 aromatic carbocycles. The standard InChI is InChI=1S/C23H33N5O3.HI/c1-24-23(27-16-18-9-10-20(30-4)21(14-18)31-5)26-15-17-7-6-8-19(13-17)22(29)25-11-12-28(2)3;/h6-10,13-14H,11-12,15-16H2,1-5H3,(H,25,29)(H2,24,26,27);1H. The van der Waals surface area contributed by atoms with Crippen LogP contribution in [0.3, 0.4) is 0 Å². The van der Waals surface area contributed by atoms with Crippen LogP contribution in [0.2, 0.25) is 0 Å². The van der Waals surface area contributed by atoms with Crippen molar-refractivity contribution in [3.63, 3.8) is 0 Å². The number of guanidine groups is 1. The molecule has 1 amide bonds. The maximum Gasteiger partial charge on any atom is 0.251 e. The molecular formula is C23H34IN5O3. The quantitative estimate of drug-likeness (QED) is 0.237. The largest absolute Gasteiger partial charge is 0.493 e. The molecule has 2 rings (SSSR count). The van der Waals surface area contributed by atoms with Gasteiger partial charge < -0.3 is 30.3 Å². The molecule has 9 heteroatoms. The molecule has 0 unspecified atom stereocenters. The lowest BCUT2D eigenvalue weighted by Gasteiger charge is -2.14. The topological polar surface area (TPSA) is 87.2 Å². The molecule has 0 aliphatic rings. The first-order valence-corrected chi connectivity index (χ1v) is 10.1. The number of likely N-dealkylation sites (N-methyl/N-ethyl adjacent to an activating group) is 1. The second kappa shape index (κ2) is 14.5. The van der Waals surface area contributed by atoms with Crippen molar-refractivity contribution >= 4 is 35.8 Å². The summed E-state index contributed by atoms with van der Waals surface area (Å²) >= 11 is 0. The molecule has 32 heavy (non-hydrogen) atoms. The van der Waals surface area contributed by atoms with Gasteiger partial charge in [-0.1, -0.05) is 18.2 Å². The number of rotatable bonds is 10. The van der Waals surface area contributed by atoms with E-state index in [4.69, 9.17) is 9.47 Å². The Morgan fingerprint density at radius 3 is 2.19 bits per heavy atom. The zero-order valence-electron chi connectivity index (χ0n) is 19.4. The summed E-state index contributed by atoms with van der Waals surface area (Å²) in [5, 5.41) is 9.49. The van der Waals surface area contributed by atoms with Crippen molar-refractivity contribution in [3.05, 3.63) is 59.2 Å². The number of carbonyl (C=O) groups is 1. The molecule has 8 nitrogen and oxygen atoms in total. The first-order valence-electron chi connectivity index (χ1n) is 10.1. The highest BCUT2D eigenvalue weighted by Crippen LogP contribution is 2.27. The fraction of sp³-hybridized carbons (Fsp3) is 0.391. The van der Waals surface area contributed by atoms with Crippen LogP contribution in [0.1, 0.15) is 21.5 Å². The van der Waals surface area contributed by atoms with Crippen LogP contribution in [0.5, 0.6) is 11.5 Å². The van der Waals surface area contributed by atoms with Gasteiger partial charge in [-0.05, 0) is 49.5 Å². The Morgan fingerprint density at radius 2 is 1.59 bits per heavy atom. The van der Waals surface area contributed by atoms with Gasteiger partial charge in [-0.25, -0.2) is 0 Å². The molecule has 0 heterocycles. The van der Waals surface area contributed by atoms with Crippen LogP contribution in [0.4, 0.5) is 0 Å². The first-order chi connectivity index (χ1) is 15.0. The average Bonchev–Trinajstić information content (AvgIpc) is 2.78. The van der Waals surface area contributed by atoms with E-state index in [0.29, 0.717) is 42.7 Å². The zero-order valence-corrected chi connectivity index (χ0v) is 21.7. The highest BCUT2D eigenvalue weighted by Gasteiger charge is 2.08. The number of hydrogen-bond acceptors (Lipinski definition) is 5. The Kier molecular flexibility index (Phi) is 12.5. The lowest BCUT2D eigenvalue weighted by molar-refractivity contribution is 0.0951. The van der Waals surface area contributed by atoms with Crippen LogP contribution in [0.25, 0.3) is 0 Å². The molecule has 0 saturated heterocycles. The van der Waals surface area contributed by atoms with Crippen LogP contribution >= 0.6 is 24.0 Å². The van der Waals surface area contributed by atoms with Gasteiger partial charge in [-0.3, -0.25) is 9.79 Å². The summed E-state index contributed by atoms with van der Waals surface area (Å²) in [4.78, 5) is 18.6. The molecule has 0 atom stereocenters. The second-order valence-electron chi connectivity index (χ2n) is 7.23. The van der Waals surface area contributed by atoms with Gasteiger partial charge in [0.25, 0.3) is 5.91 Å². The van der Waals surface area contributed by atoms with Crippen LogP contribution < -0.4 is 25.4 Å². The van der Waals surface area contributed by atoms with Crippen LogP contribution in [-0.2, 0) is 13.1 Å². The summed E-state index contributed by atoms with van der Waals surface area (Å²) in [5.41, 5.74) is 2.68. The van der Waals surface area contributed by atoms with Crippen molar-refractivity contribution in [1.82, 2.24) is 20.9 Å². The number of ether oxygens (including phenoxy) is 2. The van der Waals surface area contributed by atoms with Gasteiger partial charge in [-0.2, -0.15) is 0 Å². The number of aliphatic imine (C=N–C) groups is 1. The first kappa shape index (κ1) is 27.5. The van der Waals surface area contributed by atoms with Crippen molar-refractivity contribution in [2.24, 2.45) is 4.99 Å². The van der Waals surface area contributed by atoms with E-state index < -0.39 is 0 Å². The summed E-state index contributed by atoms with van der Waals surface area (Å²) < 4.78 is 10.6. The Labute approximate surface area is 207 Å². The Balaban J connectivity index is 0.00000512. The minimum absolute atomic E-state index is 0. The third-order valence-electron chi connectivity index (χ3n) is 4.63. The monoisotopic (exact) mass is 555 g/mol. The lowest BCUT2D eigenvalue weighted by atomic mass is 10.1. The molecule has 0 radical (unpaired) electrons. The van der Waals surface area contributed by atoms with Crippen LogP contribution in [0.15, 0.2) is 47.5 Å². The fourth-order valence-corrected chi connectivity index (χ4v) is 2.90. The van der Waals surface area contributed by atoms with E-state index in [0.717, 1.165) is 17.7 Å². The number of halogens is 1. The van der Waals surface area contributed by atoms with Crippen LogP contribution in [-0.4, -0.2) is 65.2 Å². The van der Waals surface area contributed by atoms with E-state index in [2.05, 4.69) is 20.9 Å². The highest BCUT2D eigenvalue weighted by molar-refractivity contribution is 14.0. The van der Waals surface area contributed by atoms with Gasteiger partial charge in [0.15, 0.2) is 17.5 Å². The zero-order chi connectivity index (χ0) is 22.6. The second-order valence-corrected chi connectivity index (χ2v) is 7.23. The van der Waals surface area contributed by atoms with E-state index >= 15 is 0 Å². The summed E-state index contributed by atoms with van der Waals surface area (Å²) in [5.74, 6) is 1.97. The van der Waals surface area contributed by atoms with Crippen LogP contribution in [0, 0.1) is 0 Å². The normalized spacial score (nSPS) is 10.9. The molecule has 2 aromatic rings. The number of amides is 1. The summed E-state index contributed by atoms with van der Waals surface area (Å²) in [7, 11) is 8.91. The molecule has 0 bridgehead atoms. The molecule has 0 spiro atoms. The number of nitrogens with one attached hydrogen (secondary N) is 3. The van der Waals surface area contributed by atoms with Gasteiger partial charge in [-0.15, -0.1) is 24.0 Å². The number of hydrogen-bond donors (Lipinski definition) is 3. The Morgan fingerprint density at radius 1 is 0.938 bits per heavy atom. The SMILES string of the molecule is CN=C(NCc1cccc(C(=O)NCCN(C)C)c1)NCc1ccc(OC)c(OC)c1.I. The smallest absolute Gasteiger partial charge is 0.251 e. The average molecular weight is 555 g/mol. The van der Waals surface area contributed by atoms with Crippen molar-refractivity contribution < 1.29 is 14.3 Å². The maximum absolute atomic E-state index is 12.3. The van der Waals surface area contributed by atoms with Crippen molar-refractivity contribution in [3.8, 4) is 11.5 Å². The number of nitrogens with zero attached hydrogens (tertiary/aromatic N) is 2. The fourth-order valence-electron chi connectivity index (χ4n) is 2.90. The third-order valence-corrected chi connectivity index (χ3v) is 4.63. The Bertz CT molecular complexity index is 890. The minimum atomic E-state index is -0.0698. The highest BCUT2D eigenvalue weighted by atomic mass is 127. The van der Waals surface area contributed by atoms with Gasteiger partial charge >= 0.3 is 0 Å². The number of benzene rings is 2. The third kappa shape index (κ3) is 8.91. The predicted molar refractivity (Wildman–Crippen MR) is 139 cm³/mol. The summed E-state index contributed by atoms with van der Waals surface area (Å²) in [6.07, 6.45) is 0. The number of methoxy groups -OCH3 is 2. The predicted octanol–water partition coefficient (Wildman–Crippen LogP) is 2.48. The number of carbonyl (C=O) groups excluding carboxylic acids is 1. The van der Waals surface area contributed by atoms with E-state index in [-0.39, 0.29) is 29.9 Å². The van der Waals surface area contributed by atoms with Crippen molar-refractivity contribution in [2.45, 2.75) is 13.1 Å². The summed E-state index contributed by atoms with van der Waals surface area (Å²) in [6, 6.07) is 13.3. The molecular weight excluding hydrogens is 521 g/mol. The van der Waals surface area contributed by atoms with Gasteiger partial charge in [0.1, 0.15) is 0 Å². The van der Waals surface area contributed by atoms with E-state index in [1.807, 2.05) is 61.5 Å². The van der Waals surface area contributed by atoms with E-state index in [9.17, 15) is 4.79 Å². The molecule has 176 valence electrons. The van der Waals surface area contributed by atoms with Crippen molar-refractivity contribution in [1.29, 1.82) is 0 Å². The van der Waals surface area contributed by atoms with E-state index in [1.54, 1.807) is 21.3 Å². The molecule has 3 N–H and O–H groups in total. The van der Waals surface area contributed by atoms with Crippen molar-refractivity contribution in [2.75, 3.05) is 48.5 Å². The minimum Gasteiger partial charge on any atom is -0.493 e. The molecule has 0 aliphatic heterocycles. The van der Waals surface area contributed by atoms with Gasteiger partial charge in [0.2, 0.25) is 0 Å². The molecule has 0 fully saturated rings. The van der Waals surface area contributed by atoms with Gasteiger partial charge in [0, 0.05) is 38.8 Å². The van der Waals surface area contributed by atoms with E-state index in [1.165, 1.54) is 0 Å². The molecule has 0 aromatic heterocycles. The molecule has 0 aliphatic carbocycles. The lowest BCUT2D eigenvalue weighted by Crippen LogP contribution is -2.36.